The first-order valence-corrected chi connectivity index (χ1v) is 7.76. The molecule has 0 aromatic heterocycles. The van der Waals surface area contributed by atoms with Gasteiger partial charge in [-0.2, -0.15) is 0 Å². The molecule has 0 saturated carbocycles. The lowest BCUT2D eigenvalue weighted by Gasteiger charge is -2.35. The van der Waals surface area contributed by atoms with Crippen LogP contribution >= 0.6 is 0 Å². The molecule has 1 heterocycles. The highest BCUT2D eigenvalue weighted by Gasteiger charge is 2.25. The van der Waals surface area contributed by atoms with Gasteiger partial charge in [-0.3, -0.25) is 9.59 Å². The van der Waals surface area contributed by atoms with Crippen LogP contribution in [0.1, 0.15) is 48.5 Å². The van der Waals surface area contributed by atoms with Gasteiger partial charge in [-0.05, 0) is 44.7 Å². The summed E-state index contributed by atoms with van der Waals surface area (Å²) >= 11 is 0. The zero-order valence-corrected chi connectivity index (χ0v) is 12.9. The second-order valence-electron chi connectivity index (χ2n) is 5.70. The lowest BCUT2D eigenvalue weighted by molar-refractivity contribution is -0.133. The van der Waals surface area contributed by atoms with Gasteiger partial charge in [0.25, 0.3) is 5.91 Å². The Morgan fingerprint density at radius 2 is 2.14 bits per heavy atom. The van der Waals surface area contributed by atoms with Crippen LogP contribution in [0.2, 0.25) is 0 Å². The number of hydrogen-bond donors (Lipinski definition) is 1. The van der Waals surface area contributed by atoms with Crippen molar-refractivity contribution in [3.63, 3.8) is 0 Å². The molecule has 0 radical (unpaired) electrons. The lowest BCUT2D eigenvalue weighted by atomic mass is 10.00. The Morgan fingerprint density at radius 3 is 2.86 bits per heavy atom. The fourth-order valence-electron chi connectivity index (χ4n) is 2.90. The first-order chi connectivity index (χ1) is 10.1. The maximum atomic E-state index is 12.3. The highest BCUT2D eigenvalue weighted by Crippen LogP contribution is 2.19. The van der Waals surface area contributed by atoms with Crippen molar-refractivity contribution >= 4 is 11.8 Å². The van der Waals surface area contributed by atoms with Gasteiger partial charge in [0.1, 0.15) is 0 Å². The molecule has 1 N–H and O–H groups in total. The van der Waals surface area contributed by atoms with Gasteiger partial charge in [0.15, 0.2) is 0 Å². The predicted molar refractivity (Wildman–Crippen MR) is 83.2 cm³/mol. The van der Waals surface area contributed by atoms with Gasteiger partial charge in [-0.1, -0.05) is 24.6 Å². The van der Waals surface area contributed by atoms with Crippen molar-refractivity contribution in [3.8, 4) is 0 Å². The SMILES string of the molecule is CCC1CCCCN1C(=O)CNC(=O)c1cccc(C)c1. The minimum atomic E-state index is -0.183. The van der Waals surface area contributed by atoms with E-state index in [1.165, 1.54) is 6.42 Å². The third kappa shape index (κ3) is 4.06. The van der Waals surface area contributed by atoms with Crippen LogP contribution in [0.25, 0.3) is 0 Å². The molecular weight excluding hydrogens is 264 g/mol. The van der Waals surface area contributed by atoms with Crippen molar-refractivity contribution in [1.29, 1.82) is 0 Å². The Labute approximate surface area is 126 Å². The van der Waals surface area contributed by atoms with Gasteiger partial charge >= 0.3 is 0 Å². The number of rotatable bonds is 4. The molecule has 0 bridgehead atoms. The number of carbonyl (C=O) groups is 2. The maximum Gasteiger partial charge on any atom is 0.251 e. The first kappa shape index (κ1) is 15.5. The molecule has 1 aliphatic rings. The van der Waals surface area contributed by atoms with E-state index in [9.17, 15) is 9.59 Å². The minimum Gasteiger partial charge on any atom is -0.343 e. The topological polar surface area (TPSA) is 49.4 Å². The molecule has 4 nitrogen and oxygen atoms in total. The quantitative estimate of drug-likeness (QED) is 0.925. The molecule has 1 aromatic rings. The molecule has 1 saturated heterocycles. The molecule has 1 aromatic carbocycles. The molecule has 1 aliphatic heterocycles. The lowest BCUT2D eigenvalue weighted by Crippen LogP contribution is -2.47. The molecular formula is C17H24N2O2. The number of carbonyl (C=O) groups excluding carboxylic acids is 2. The van der Waals surface area contributed by atoms with E-state index in [2.05, 4.69) is 12.2 Å². The number of aryl methyl sites for hydroxylation is 1. The molecule has 0 aliphatic carbocycles. The summed E-state index contributed by atoms with van der Waals surface area (Å²) in [7, 11) is 0. The molecule has 4 heteroatoms. The Morgan fingerprint density at radius 1 is 1.33 bits per heavy atom. The fraction of sp³-hybridized carbons (Fsp3) is 0.529. The van der Waals surface area contributed by atoms with Gasteiger partial charge in [-0.25, -0.2) is 0 Å². The van der Waals surface area contributed by atoms with Crippen LogP contribution in [0.5, 0.6) is 0 Å². The van der Waals surface area contributed by atoms with Crippen LogP contribution in [-0.2, 0) is 4.79 Å². The number of likely N-dealkylation sites (tertiary alicyclic amines) is 1. The Hall–Kier alpha value is -1.84. The highest BCUT2D eigenvalue weighted by molar-refractivity contribution is 5.96. The molecule has 1 atom stereocenters. The van der Waals surface area contributed by atoms with Crippen molar-refractivity contribution in [2.75, 3.05) is 13.1 Å². The van der Waals surface area contributed by atoms with Crippen LogP contribution in [0.4, 0.5) is 0 Å². The second kappa shape index (κ2) is 7.25. The third-order valence-corrected chi connectivity index (χ3v) is 4.10. The molecule has 1 fully saturated rings. The standard InChI is InChI=1S/C17H24N2O2/c1-3-15-9-4-5-10-19(15)16(20)12-18-17(21)14-8-6-7-13(2)11-14/h6-8,11,15H,3-5,9-10,12H2,1-2H3,(H,18,21). The summed E-state index contributed by atoms with van der Waals surface area (Å²) in [6.45, 7) is 4.96. The van der Waals surface area contributed by atoms with Crippen LogP contribution in [0.3, 0.4) is 0 Å². The summed E-state index contributed by atoms with van der Waals surface area (Å²) in [5, 5.41) is 2.74. The zero-order chi connectivity index (χ0) is 15.2. The van der Waals surface area contributed by atoms with E-state index in [-0.39, 0.29) is 18.4 Å². The summed E-state index contributed by atoms with van der Waals surface area (Å²) in [5.41, 5.74) is 1.64. The molecule has 1 unspecified atom stereocenters. The fourth-order valence-corrected chi connectivity index (χ4v) is 2.90. The van der Waals surface area contributed by atoms with Crippen LogP contribution < -0.4 is 5.32 Å². The zero-order valence-electron chi connectivity index (χ0n) is 12.9. The van der Waals surface area contributed by atoms with E-state index >= 15 is 0 Å². The van der Waals surface area contributed by atoms with Crippen molar-refractivity contribution < 1.29 is 9.59 Å². The molecule has 2 amide bonds. The average Bonchev–Trinajstić information content (AvgIpc) is 2.52. The van der Waals surface area contributed by atoms with Crippen molar-refractivity contribution in [3.05, 3.63) is 35.4 Å². The normalized spacial score (nSPS) is 18.4. The predicted octanol–water partition coefficient (Wildman–Crippen LogP) is 2.52. The maximum absolute atomic E-state index is 12.3. The highest BCUT2D eigenvalue weighted by atomic mass is 16.2. The summed E-state index contributed by atoms with van der Waals surface area (Å²) in [6.07, 6.45) is 4.32. The first-order valence-electron chi connectivity index (χ1n) is 7.76. The number of hydrogen-bond acceptors (Lipinski definition) is 2. The summed E-state index contributed by atoms with van der Waals surface area (Å²) < 4.78 is 0. The van der Waals surface area contributed by atoms with Crippen molar-refractivity contribution in [2.45, 2.75) is 45.6 Å². The number of amides is 2. The van der Waals surface area contributed by atoms with E-state index in [0.717, 1.165) is 31.4 Å². The van der Waals surface area contributed by atoms with E-state index in [1.54, 1.807) is 6.07 Å². The molecule has 114 valence electrons. The average molecular weight is 288 g/mol. The van der Waals surface area contributed by atoms with Crippen LogP contribution in [-0.4, -0.2) is 35.8 Å². The number of piperidine rings is 1. The summed E-state index contributed by atoms with van der Waals surface area (Å²) in [5.74, 6) is -0.153. The largest absolute Gasteiger partial charge is 0.343 e. The van der Waals surface area contributed by atoms with Gasteiger partial charge in [-0.15, -0.1) is 0 Å². The van der Waals surface area contributed by atoms with Gasteiger partial charge in [0.05, 0.1) is 6.54 Å². The molecule has 21 heavy (non-hydrogen) atoms. The Bertz CT molecular complexity index is 513. The van der Waals surface area contributed by atoms with Crippen LogP contribution in [0.15, 0.2) is 24.3 Å². The van der Waals surface area contributed by atoms with Gasteiger partial charge in [0.2, 0.25) is 5.91 Å². The third-order valence-electron chi connectivity index (χ3n) is 4.10. The molecule has 0 spiro atoms. The van der Waals surface area contributed by atoms with E-state index in [4.69, 9.17) is 0 Å². The van der Waals surface area contributed by atoms with E-state index < -0.39 is 0 Å². The van der Waals surface area contributed by atoms with Crippen molar-refractivity contribution in [1.82, 2.24) is 10.2 Å². The smallest absolute Gasteiger partial charge is 0.251 e. The number of nitrogens with one attached hydrogen (secondary N) is 1. The monoisotopic (exact) mass is 288 g/mol. The second-order valence-corrected chi connectivity index (χ2v) is 5.70. The molecule has 2 rings (SSSR count). The Balaban J connectivity index is 1.90. The number of nitrogens with zero attached hydrogens (tertiary/aromatic N) is 1. The van der Waals surface area contributed by atoms with Crippen molar-refractivity contribution in [2.24, 2.45) is 0 Å². The minimum absolute atomic E-state index is 0.0301. The summed E-state index contributed by atoms with van der Waals surface area (Å²) in [6, 6.07) is 7.73. The summed E-state index contributed by atoms with van der Waals surface area (Å²) in [4.78, 5) is 26.3. The van der Waals surface area contributed by atoms with Gasteiger partial charge < -0.3 is 10.2 Å². The number of benzene rings is 1. The van der Waals surface area contributed by atoms with Gasteiger partial charge in [0, 0.05) is 18.2 Å². The Kier molecular flexibility index (Phi) is 5.37. The van der Waals surface area contributed by atoms with E-state index in [1.807, 2.05) is 30.0 Å². The van der Waals surface area contributed by atoms with E-state index in [0.29, 0.717) is 11.6 Å². The van der Waals surface area contributed by atoms with Crippen LogP contribution in [0, 0.1) is 6.92 Å².